The molecule has 3 radical (unpaired) electrons. The van der Waals surface area contributed by atoms with E-state index in [1.54, 1.807) is 0 Å². The third-order valence-electron chi connectivity index (χ3n) is 0.415. The van der Waals surface area contributed by atoms with Gasteiger partial charge in [-0.3, -0.25) is 0 Å². The van der Waals surface area contributed by atoms with Crippen molar-refractivity contribution >= 4 is 0 Å². The average molecular weight is 181 g/mol. The molecule has 0 aromatic heterocycles. The monoisotopic (exact) mass is 181 g/mol. The smallest absolute Gasteiger partial charge is 0.232 e. The molecule has 0 amide bonds. The zero-order chi connectivity index (χ0) is 9.65. The molecule has 0 fully saturated rings. The first-order valence-electron chi connectivity index (χ1n) is 1.82. The molecule has 0 heterocycles. The van der Waals surface area contributed by atoms with Crippen LogP contribution in [0.4, 0.5) is 30.7 Å². The van der Waals surface area contributed by atoms with Gasteiger partial charge in [-0.2, -0.15) is 26.3 Å². The highest BCUT2D eigenvalue weighted by atomic mass is 19.4. The van der Waals surface area contributed by atoms with E-state index < -0.39 is 18.1 Å². The Kier molecular flexibility index (Phi) is 5.83. The summed E-state index contributed by atoms with van der Waals surface area (Å²) in [5.41, 5.74) is 0. The molecule has 0 aromatic rings. The Hall–Kier alpha value is -0.750. The molecule has 0 atom stereocenters. The Morgan fingerprint density at radius 1 is 0.909 bits per heavy atom. The summed E-state index contributed by atoms with van der Waals surface area (Å²) in [5, 5.41) is 0. The predicted molar refractivity (Wildman–Crippen MR) is 20.8 cm³/mol. The molecule has 0 unspecified atom stereocenters. The fourth-order valence-corrected chi connectivity index (χ4v) is 0.107. The average Bonchev–Trinajstić information content (AvgIpc) is 1.89. The third-order valence-corrected chi connectivity index (χ3v) is 0.415. The van der Waals surface area contributed by atoms with Crippen molar-refractivity contribution in [2.24, 2.45) is 0 Å². The topological polar surface area (TPSA) is 0 Å². The van der Waals surface area contributed by atoms with E-state index in [1.165, 1.54) is 0 Å². The van der Waals surface area contributed by atoms with Gasteiger partial charge in [-0.15, -0.1) is 0 Å². The zero-order valence-corrected chi connectivity index (χ0v) is 4.65. The number of rotatable bonds is 0. The first-order chi connectivity index (χ1) is 4.85. The molecule has 0 bridgehead atoms. The Labute approximate surface area is 57.3 Å². The first kappa shape index (κ1) is 12.9. The summed E-state index contributed by atoms with van der Waals surface area (Å²) >= 11 is 0. The lowest BCUT2D eigenvalue weighted by Crippen LogP contribution is -2.08. The van der Waals surface area contributed by atoms with Crippen molar-refractivity contribution < 1.29 is 30.7 Å². The van der Waals surface area contributed by atoms with E-state index in [2.05, 4.69) is 7.18 Å². The standard InChI is InChI=1S/C3F6.CF/c4-1(2(5)6)3(7,8)9;1-2. The summed E-state index contributed by atoms with van der Waals surface area (Å²) in [5.74, 6) is -3.33. The van der Waals surface area contributed by atoms with Crippen LogP contribution in [0.1, 0.15) is 0 Å². The van der Waals surface area contributed by atoms with Crippen LogP contribution in [0.3, 0.4) is 0 Å². The van der Waals surface area contributed by atoms with Crippen molar-refractivity contribution in [3.8, 4) is 0 Å². The van der Waals surface area contributed by atoms with Gasteiger partial charge in [0.15, 0.2) is 0 Å². The SMILES string of the molecule is FC(F)=C(F)C(F)(F)F.[C]F. The maximum absolute atomic E-state index is 11.0. The van der Waals surface area contributed by atoms with E-state index >= 15 is 0 Å². The van der Waals surface area contributed by atoms with E-state index in [-0.39, 0.29) is 0 Å². The number of halogens is 7. The van der Waals surface area contributed by atoms with E-state index in [0.717, 1.165) is 0 Å². The predicted octanol–water partition coefficient (Wildman–Crippen LogP) is 3.13. The van der Waals surface area contributed by atoms with Gasteiger partial charge in [0.05, 0.1) is 0 Å². The molecule has 0 aromatic carbocycles. The number of hydrogen-bond acceptors (Lipinski definition) is 0. The van der Waals surface area contributed by atoms with Crippen LogP contribution in [0.25, 0.3) is 0 Å². The molecule has 0 saturated carbocycles. The van der Waals surface area contributed by atoms with Crippen LogP contribution in [-0.4, -0.2) is 6.18 Å². The number of hydrogen-bond donors (Lipinski definition) is 0. The quantitative estimate of drug-likeness (QED) is 0.503. The normalized spacial score (nSPS) is 9.82. The van der Waals surface area contributed by atoms with Crippen molar-refractivity contribution in [1.29, 1.82) is 0 Å². The number of alkyl halides is 3. The van der Waals surface area contributed by atoms with E-state index in [4.69, 9.17) is 4.39 Å². The van der Waals surface area contributed by atoms with Gasteiger partial charge in [-0.1, -0.05) is 0 Å². The molecule has 0 nitrogen and oxygen atoms in total. The first-order valence-corrected chi connectivity index (χ1v) is 1.82. The molecular weight excluding hydrogens is 181 g/mol. The fourth-order valence-electron chi connectivity index (χ4n) is 0.107. The molecule has 0 rings (SSSR count). The summed E-state index contributed by atoms with van der Waals surface area (Å²) < 4.78 is 73.6. The van der Waals surface area contributed by atoms with Crippen LogP contribution < -0.4 is 0 Å². The maximum Gasteiger partial charge on any atom is 0.448 e. The van der Waals surface area contributed by atoms with Crippen molar-refractivity contribution in [2.45, 2.75) is 6.18 Å². The minimum absolute atomic E-state index is 3.33. The van der Waals surface area contributed by atoms with E-state index in [9.17, 15) is 26.3 Å². The van der Waals surface area contributed by atoms with Crippen molar-refractivity contribution in [3.63, 3.8) is 0 Å². The number of allylic oxidation sites excluding steroid dienone is 1. The largest absolute Gasteiger partial charge is 0.448 e. The molecule has 7 heteroatoms. The Bertz CT molecular complexity index is 128. The van der Waals surface area contributed by atoms with Crippen molar-refractivity contribution in [3.05, 3.63) is 19.1 Å². The van der Waals surface area contributed by atoms with E-state index in [1.807, 2.05) is 0 Å². The zero-order valence-electron chi connectivity index (χ0n) is 4.65. The Balaban J connectivity index is 0. The lowest BCUT2D eigenvalue weighted by Gasteiger charge is -1.98. The highest BCUT2D eigenvalue weighted by Crippen LogP contribution is 2.29. The summed E-state index contributed by atoms with van der Waals surface area (Å²) in [7, 11) is 4.25. The van der Waals surface area contributed by atoms with Gasteiger partial charge >= 0.3 is 12.3 Å². The molecule has 11 heavy (non-hydrogen) atoms. The second kappa shape index (κ2) is 4.97. The van der Waals surface area contributed by atoms with Gasteiger partial charge < -0.3 is 0 Å². The van der Waals surface area contributed by atoms with Crippen LogP contribution in [0, 0.1) is 7.18 Å². The highest BCUT2D eigenvalue weighted by Gasteiger charge is 2.38. The molecule has 0 aliphatic carbocycles. The summed E-state index contributed by atoms with van der Waals surface area (Å²) in [4.78, 5) is 0. The highest BCUT2D eigenvalue weighted by molar-refractivity contribution is 4.98. The van der Waals surface area contributed by atoms with Gasteiger partial charge in [0.1, 0.15) is 0 Å². The van der Waals surface area contributed by atoms with Gasteiger partial charge in [0, 0.05) is 0 Å². The Morgan fingerprint density at radius 2 is 1.18 bits per heavy atom. The minimum Gasteiger partial charge on any atom is -0.232 e. The van der Waals surface area contributed by atoms with Gasteiger partial charge in [-0.05, 0) is 0 Å². The summed E-state index contributed by atoms with van der Waals surface area (Å²) in [6.07, 6.45) is -8.90. The molecule has 0 N–H and O–H groups in total. The van der Waals surface area contributed by atoms with E-state index in [0.29, 0.717) is 0 Å². The maximum atomic E-state index is 11.0. The molecule has 0 aliphatic heterocycles. The van der Waals surface area contributed by atoms with Crippen LogP contribution in [0.15, 0.2) is 11.9 Å². The van der Waals surface area contributed by atoms with Gasteiger partial charge in [0.2, 0.25) is 7.18 Å². The van der Waals surface area contributed by atoms with Gasteiger partial charge in [-0.25, -0.2) is 4.39 Å². The Morgan fingerprint density at radius 3 is 1.18 bits per heavy atom. The molecule has 0 saturated heterocycles. The van der Waals surface area contributed by atoms with Crippen molar-refractivity contribution in [2.75, 3.05) is 0 Å². The molecule has 0 spiro atoms. The van der Waals surface area contributed by atoms with Crippen LogP contribution in [0.5, 0.6) is 0 Å². The third kappa shape index (κ3) is 5.68. The van der Waals surface area contributed by atoms with Crippen LogP contribution in [-0.2, 0) is 0 Å². The lowest BCUT2D eigenvalue weighted by atomic mass is 10.6. The van der Waals surface area contributed by atoms with Crippen LogP contribution in [0.2, 0.25) is 0 Å². The summed E-state index contributed by atoms with van der Waals surface area (Å²) in [6, 6.07) is 0. The molecule has 0 aliphatic rings. The molecular formula is C4F7. The fraction of sp³-hybridized carbons (Fsp3) is 0.250. The minimum atomic E-state index is -5.56. The second-order valence-corrected chi connectivity index (χ2v) is 1.07. The lowest BCUT2D eigenvalue weighted by molar-refractivity contribution is -0.113. The van der Waals surface area contributed by atoms with Crippen LogP contribution >= 0.6 is 0 Å². The molecule has 65 valence electrons. The second-order valence-electron chi connectivity index (χ2n) is 1.07. The summed E-state index contributed by atoms with van der Waals surface area (Å²) in [6.45, 7) is 0. The van der Waals surface area contributed by atoms with Crippen molar-refractivity contribution in [1.82, 2.24) is 0 Å². The van der Waals surface area contributed by atoms with Gasteiger partial charge in [0.25, 0.3) is 5.83 Å².